The van der Waals surface area contributed by atoms with Crippen LogP contribution < -0.4 is 10.5 Å². The molecule has 0 atom stereocenters. The lowest BCUT2D eigenvalue weighted by Gasteiger charge is -2.09. The predicted molar refractivity (Wildman–Crippen MR) is 71.0 cm³/mol. The zero-order chi connectivity index (χ0) is 14.0. The van der Waals surface area contributed by atoms with E-state index in [1.807, 2.05) is 0 Å². The summed E-state index contributed by atoms with van der Waals surface area (Å²) in [4.78, 5) is 10.6. The molecule has 0 aliphatic carbocycles. The number of rotatable bonds is 4. The molecule has 19 heavy (non-hydrogen) atoms. The molecule has 0 radical (unpaired) electrons. The molecule has 1 aromatic heterocycles. The SMILES string of the molecule is CCOc1c(-c2[nH]nc(N)c2C)cccc1[N+](=O)[O-]. The average molecular weight is 262 g/mol. The van der Waals surface area contributed by atoms with Crippen LogP contribution >= 0.6 is 0 Å². The number of H-pyrrole nitrogens is 1. The Morgan fingerprint density at radius 2 is 2.26 bits per heavy atom. The molecule has 100 valence electrons. The third-order valence-corrected chi connectivity index (χ3v) is 2.80. The quantitative estimate of drug-likeness (QED) is 0.649. The highest BCUT2D eigenvalue weighted by Gasteiger charge is 2.22. The molecule has 2 rings (SSSR count). The summed E-state index contributed by atoms with van der Waals surface area (Å²) >= 11 is 0. The highest BCUT2D eigenvalue weighted by molar-refractivity contribution is 5.77. The molecule has 0 bridgehead atoms. The number of nitrogens with two attached hydrogens (primary N) is 1. The number of nitrogens with one attached hydrogen (secondary N) is 1. The molecule has 0 amide bonds. The fourth-order valence-electron chi connectivity index (χ4n) is 1.84. The first-order valence-electron chi connectivity index (χ1n) is 5.77. The number of benzene rings is 1. The van der Waals surface area contributed by atoms with E-state index in [9.17, 15) is 10.1 Å². The number of hydrogen-bond donors (Lipinski definition) is 2. The van der Waals surface area contributed by atoms with Crippen LogP contribution in [0.2, 0.25) is 0 Å². The van der Waals surface area contributed by atoms with E-state index in [0.717, 1.165) is 5.56 Å². The summed E-state index contributed by atoms with van der Waals surface area (Å²) in [6.45, 7) is 3.90. The van der Waals surface area contributed by atoms with Gasteiger partial charge in [-0.1, -0.05) is 6.07 Å². The monoisotopic (exact) mass is 262 g/mol. The Morgan fingerprint density at radius 3 is 2.79 bits per heavy atom. The molecule has 0 saturated carbocycles. The molecule has 0 aliphatic rings. The fourth-order valence-corrected chi connectivity index (χ4v) is 1.84. The second-order valence-corrected chi connectivity index (χ2v) is 3.95. The third-order valence-electron chi connectivity index (χ3n) is 2.80. The van der Waals surface area contributed by atoms with Crippen LogP contribution in [0.15, 0.2) is 18.2 Å². The van der Waals surface area contributed by atoms with Crippen molar-refractivity contribution in [3.8, 4) is 17.0 Å². The largest absolute Gasteiger partial charge is 0.487 e. The van der Waals surface area contributed by atoms with Crippen LogP contribution in [0, 0.1) is 17.0 Å². The highest BCUT2D eigenvalue weighted by Crippen LogP contribution is 2.38. The number of hydrogen-bond acceptors (Lipinski definition) is 5. The molecular weight excluding hydrogens is 248 g/mol. The van der Waals surface area contributed by atoms with Gasteiger partial charge >= 0.3 is 5.69 Å². The van der Waals surface area contributed by atoms with Gasteiger partial charge in [0, 0.05) is 17.2 Å². The van der Waals surface area contributed by atoms with Crippen molar-refractivity contribution in [1.29, 1.82) is 0 Å². The summed E-state index contributed by atoms with van der Waals surface area (Å²) in [7, 11) is 0. The molecule has 3 N–H and O–H groups in total. The first-order chi connectivity index (χ1) is 9.06. The topological polar surface area (TPSA) is 107 Å². The average Bonchev–Trinajstić information content (AvgIpc) is 2.70. The van der Waals surface area contributed by atoms with Crippen molar-refractivity contribution in [1.82, 2.24) is 10.2 Å². The number of nitro groups is 1. The van der Waals surface area contributed by atoms with Gasteiger partial charge < -0.3 is 10.5 Å². The zero-order valence-electron chi connectivity index (χ0n) is 10.6. The number of nitrogen functional groups attached to an aromatic ring is 1. The lowest BCUT2D eigenvalue weighted by atomic mass is 10.1. The second-order valence-electron chi connectivity index (χ2n) is 3.95. The highest BCUT2D eigenvalue weighted by atomic mass is 16.6. The Bertz CT molecular complexity index is 621. The number of nitro benzene ring substituents is 1. The van der Waals surface area contributed by atoms with Crippen molar-refractivity contribution in [3.63, 3.8) is 0 Å². The van der Waals surface area contributed by atoms with Gasteiger partial charge in [0.25, 0.3) is 0 Å². The van der Waals surface area contributed by atoms with E-state index >= 15 is 0 Å². The van der Waals surface area contributed by atoms with Gasteiger partial charge in [0.2, 0.25) is 5.75 Å². The standard InChI is InChI=1S/C12H14N4O3/c1-3-19-11-8(5-4-6-9(11)16(17)18)10-7(2)12(13)15-14-10/h4-6H,3H2,1-2H3,(H3,13,14,15). The smallest absolute Gasteiger partial charge is 0.311 e. The number of ether oxygens (including phenoxy) is 1. The van der Waals surface area contributed by atoms with Gasteiger partial charge in [0.15, 0.2) is 0 Å². The van der Waals surface area contributed by atoms with E-state index in [-0.39, 0.29) is 11.4 Å². The Kier molecular flexibility index (Phi) is 3.37. The Labute approximate surface area is 109 Å². The molecule has 2 aromatic rings. The minimum absolute atomic E-state index is 0.0769. The molecule has 1 aromatic carbocycles. The van der Waals surface area contributed by atoms with Crippen LogP contribution in [-0.4, -0.2) is 21.7 Å². The van der Waals surface area contributed by atoms with Crippen molar-refractivity contribution < 1.29 is 9.66 Å². The Balaban J connectivity index is 2.66. The minimum Gasteiger partial charge on any atom is -0.487 e. The molecule has 0 spiro atoms. The van der Waals surface area contributed by atoms with Crippen LogP contribution in [0.25, 0.3) is 11.3 Å². The molecule has 7 heteroatoms. The summed E-state index contributed by atoms with van der Waals surface area (Å²) in [5.41, 5.74) is 7.55. The summed E-state index contributed by atoms with van der Waals surface area (Å²) in [5, 5.41) is 17.7. The van der Waals surface area contributed by atoms with Crippen molar-refractivity contribution in [2.75, 3.05) is 12.3 Å². The van der Waals surface area contributed by atoms with Crippen molar-refractivity contribution in [2.24, 2.45) is 0 Å². The van der Waals surface area contributed by atoms with E-state index in [1.165, 1.54) is 6.07 Å². The summed E-state index contributed by atoms with van der Waals surface area (Å²) in [6, 6.07) is 4.74. The van der Waals surface area contributed by atoms with Gasteiger partial charge in [-0.25, -0.2) is 0 Å². The normalized spacial score (nSPS) is 10.4. The van der Waals surface area contributed by atoms with Crippen LogP contribution in [0.3, 0.4) is 0 Å². The van der Waals surface area contributed by atoms with Gasteiger partial charge in [-0.3, -0.25) is 15.2 Å². The van der Waals surface area contributed by atoms with E-state index in [0.29, 0.717) is 23.7 Å². The molecule has 0 fully saturated rings. The summed E-state index contributed by atoms with van der Waals surface area (Å²) in [5.74, 6) is 0.589. The lowest BCUT2D eigenvalue weighted by molar-refractivity contribution is -0.385. The van der Waals surface area contributed by atoms with Gasteiger partial charge in [-0.15, -0.1) is 0 Å². The number of anilines is 1. The molecule has 0 saturated heterocycles. The van der Waals surface area contributed by atoms with E-state index in [2.05, 4.69) is 10.2 Å². The molecule has 7 nitrogen and oxygen atoms in total. The first kappa shape index (κ1) is 12.9. The fraction of sp³-hybridized carbons (Fsp3) is 0.250. The van der Waals surface area contributed by atoms with E-state index in [1.54, 1.807) is 26.0 Å². The van der Waals surface area contributed by atoms with E-state index in [4.69, 9.17) is 10.5 Å². The number of aromatic nitrogens is 2. The van der Waals surface area contributed by atoms with Gasteiger partial charge in [-0.05, 0) is 19.9 Å². The Morgan fingerprint density at radius 1 is 1.53 bits per heavy atom. The number of para-hydroxylation sites is 1. The minimum atomic E-state index is -0.469. The molecular formula is C12H14N4O3. The second kappa shape index (κ2) is 4.97. The van der Waals surface area contributed by atoms with Crippen LogP contribution in [-0.2, 0) is 0 Å². The van der Waals surface area contributed by atoms with Crippen molar-refractivity contribution >= 4 is 11.5 Å². The van der Waals surface area contributed by atoms with Crippen molar-refractivity contribution in [2.45, 2.75) is 13.8 Å². The van der Waals surface area contributed by atoms with Crippen molar-refractivity contribution in [3.05, 3.63) is 33.9 Å². The zero-order valence-corrected chi connectivity index (χ0v) is 10.6. The first-order valence-corrected chi connectivity index (χ1v) is 5.77. The summed E-state index contributed by atoms with van der Waals surface area (Å²) < 4.78 is 5.42. The summed E-state index contributed by atoms with van der Waals surface area (Å²) in [6.07, 6.45) is 0. The molecule has 0 unspecified atom stereocenters. The maximum atomic E-state index is 11.0. The third kappa shape index (κ3) is 2.22. The van der Waals surface area contributed by atoms with Gasteiger partial charge in [-0.2, -0.15) is 5.10 Å². The molecule has 0 aliphatic heterocycles. The van der Waals surface area contributed by atoms with E-state index < -0.39 is 4.92 Å². The number of aromatic amines is 1. The van der Waals surface area contributed by atoms with Crippen LogP contribution in [0.4, 0.5) is 11.5 Å². The predicted octanol–water partition coefficient (Wildman–Crippen LogP) is 2.27. The van der Waals surface area contributed by atoms with Gasteiger partial charge in [0.1, 0.15) is 5.82 Å². The number of nitrogens with zero attached hydrogens (tertiary/aromatic N) is 2. The van der Waals surface area contributed by atoms with Crippen LogP contribution in [0.1, 0.15) is 12.5 Å². The van der Waals surface area contributed by atoms with Gasteiger partial charge in [0.05, 0.1) is 17.2 Å². The maximum absolute atomic E-state index is 11.0. The molecule has 1 heterocycles. The Hall–Kier alpha value is -2.57. The maximum Gasteiger partial charge on any atom is 0.311 e. The lowest BCUT2D eigenvalue weighted by Crippen LogP contribution is -2.00. The van der Waals surface area contributed by atoms with Crippen LogP contribution in [0.5, 0.6) is 5.75 Å².